The highest BCUT2D eigenvalue weighted by atomic mass is 16.5. The second-order valence-electron chi connectivity index (χ2n) is 6.82. The Morgan fingerprint density at radius 3 is 2.85 bits per heavy atom. The first kappa shape index (κ1) is 17.5. The first-order valence-electron chi connectivity index (χ1n) is 9.31. The van der Waals surface area contributed by atoms with Crippen LogP contribution in [0.5, 0.6) is 0 Å². The van der Waals surface area contributed by atoms with Gasteiger partial charge in [0.2, 0.25) is 0 Å². The Morgan fingerprint density at radius 1 is 1.30 bits per heavy atom. The molecule has 3 aromatic rings. The zero-order chi connectivity index (χ0) is 19.0. The van der Waals surface area contributed by atoms with Crippen LogP contribution in [-0.4, -0.2) is 37.9 Å². The molecule has 1 fully saturated rings. The monoisotopic (exact) mass is 365 g/mol. The highest BCUT2D eigenvalue weighted by Gasteiger charge is 2.46. The van der Waals surface area contributed by atoms with Crippen LogP contribution in [0.2, 0.25) is 0 Å². The third-order valence-corrected chi connectivity index (χ3v) is 5.18. The lowest BCUT2D eigenvalue weighted by Crippen LogP contribution is -2.08. The Labute approximate surface area is 158 Å². The lowest BCUT2D eigenvalue weighted by Gasteiger charge is -2.10. The summed E-state index contributed by atoms with van der Waals surface area (Å²) in [7, 11) is 1.40. The van der Waals surface area contributed by atoms with Crippen molar-refractivity contribution in [3.8, 4) is 5.69 Å². The summed E-state index contributed by atoms with van der Waals surface area (Å²) >= 11 is 0. The molecular formula is C20H23N5O2. The smallest absolute Gasteiger partial charge is 0.341 e. The first-order valence-corrected chi connectivity index (χ1v) is 9.31. The van der Waals surface area contributed by atoms with Gasteiger partial charge in [-0.15, -0.1) is 5.10 Å². The molecule has 0 amide bonds. The molecule has 0 unspecified atom stereocenters. The summed E-state index contributed by atoms with van der Waals surface area (Å²) in [6.07, 6.45) is 5.46. The number of hydrogen-bond donors (Lipinski definition) is 0. The fourth-order valence-electron chi connectivity index (χ4n) is 3.56. The largest absolute Gasteiger partial charge is 0.465 e. The molecular weight excluding hydrogens is 342 g/mol. The summed E-state index contributed by atoms with van der Waals surface area (Å²) in [6.45, 7) is 4.95. The second kappa shape index (κ2) is 6.98. The van der Waals surface area contributed by atoms with Gasteiger partial charge in [0.15, 0.2) is 0 Å². The van der Waals surface area contributed by atoms with E-state index in [0.29, 0.717) is 5.56 Å². The molecule has 2 aromatic heterocycles. The van der Waals surface area contributed by atoms with Crippen LogP contribution in [0.3, 0.4) is 0 Å². The van der Waals surface area contributed by atoms with E-state index in [1.165, 1.54) is 12.7 Å². The van der Waals surface area contributed by atoms with Crippen molar-refractivity contribution in [1.82, 2.24) is 24.8 Å². The fraction of sp³-hybridized carbons (Fsp3) is 0.400. The van der Waals surface area contributed by atoms with Crippen LogP contribution >= 0.6 is 0 Å². The summed E-state index contributed by atoms with van der Waals surface area (Å²) in [5.41, 5.74) is 4.57. The van der Waals surface area contributed by atoms with Crippen LogP contribution in [0.15, 0.2) is 36.7 Å². The second-order valence-corrected chi connectivity index (χ2v) is 6.82. The molecule has 0 spiro atoms. The zero-order valence-electron chi connectivity index (χ0n) is 15.8. The maximum absolute atomic E-state index is 12.3. The Balaban J connectivity index is 1.74. The summed E-state index contributed by atoms with van der Waals surface area (Å²) in [6, 6.07) is 8.25. The van der Waals surface area contributed by atoms with E-state index in [1.807, 2.05) is 34.6 Å². The summed E-state index contributed by atoms with van der Waals surface area (Å²) in [5.74, 6) is 0.0677. The molecule has 0 saturated heterocycles. The SMILES string of the molecule is CCc1cccc(-n2ncc(C(=O)OC)c2[C@@H]2C[C@H]2c2cn(CC)nn2)c1. The summed E-state index contributed by atoms with van der Waals surface area (Å²) in [5, 5.41) is 13.0. The van der Waals surface area contributed by atoms with Gasteiger partial charge >= 0.3 is 5.97 Å². The van der Waals surface area contributed by atoms with Gasteiger partial charge in [-0.25, -0.2) is 9.48 Å². The molecule has 0 bridgehead atoms. The van der Waals surface area contributed by atoms with E-state index in [9.17, 15) is 4.79 Å². The quantitative estimate of drug-likeness (QED) is 0.628. The van der Waals surface area contributed by atoms with Gasteiger partial charge in [-0.2, -0.15) is 5.10 Å². The number of benzene rings is 1. The number of aryl methyl sites for hydroxylation is 2. The van der Waals surface area contributed by atoms with Gasteiger partial charge in [-0.05, 0) is 37.5 Å². The van der Waals surface area contributed by atoms with Crippen molar-refractivity contribution in [2.45, 2.75) is 45.1 Å². The zero-order valence-corrected chi connectivity index (χ0v) is 15.8. The average molecular weight is 365 g/mol. The van der Waals surface area contributed by atoms with Crippen molar-refractivity contribution in [3.63, 3.8) is 0 Å². The number of aromatic nitrogens is 5. The third kappa shape index (κ3) is 3.13. The van der Waals surface area contributed by atoms with E-state index in [4.69, 9.17) is 4.74 Å². The number of carbonyl (C=O) groups is 1. The molecule has 7 nitrogen and oxygen atoms in total. The van der Waals surface area contributed by atoms with Crippen molar-refractivity contribution in [3.05, 3.63) is 59.2 Å². The van der Waals surface area contributed by atoms with Gasteiger partial charge in [0.05, 0.1) is 30.4 Å². The molecule has 140 valence electrons. The molecule has 2 atom stereocenters. The van der Waals surface area contributed by atoms with Crippen molar-refractivity contribution in [1.29, 1.82) is 0 Å². The van der Waals surface area contributed by atoms with E-state index in [-0.39, 0.29) is 17.8 Å². The highest BCUT2D eigenvalue weighted by Crippen LogP contribution is 2.55. The van der Waals surface area contributed by atoms with E-state index in [2.05, 4.69) is 34.5 Å². The van der Waals surface area contributed by atoms with Crippen molar-refractivity contribution >= 4 is 5.97 Å². The fourth-order valence-corrected chi connectivity index (χ4v) is 3.56. The Morgan fingerprint density at radius 2 is 2.15 bits per heavy atom. The first-order chi connectivity index (χ1) is 13.2. The lowest BCUT2D eigenvalue weighted by atomic mass is 10.1. The van der Waals surface area contributed by atoms with E-state index >= 15 is 0 Å². The average Bonchev–Trinajstić information content (AvgIpc) is 3.16. The molecule has 7 heteroatoms. The number of nitrogens with zero attached hydrogens (tertiary/aromatic N) is 5. The number of ether oxygens (including phenoxy) is 1. The van der Waals surface area contributed by atoms with Crippen LogP contribution < -0.4 is 0 Å². The number of methoxy groups -OCH3 is 1. The minimum atomic E-state index is -0.356. The van der Waals surface area contributed by atoms with Crippen LogP contribution in [-0.2, 0) is 17.7 Å². The normalized spacial score (nSPS) is 18.5. The minimum absolute atomic E-state index is 0.175. The molecule has 1 aliphatic carbocycles. The maximum atomic E-state index is 12.3. The van der Waals surface area contributed by atoms with Gasteiger partial charge < -0.3 is 4.74 Å². The maximum Gasteiger partial charge on any atom is 0.341 e. The highest BCUT2D eigenvalue weighted by molar-refractivity contribution is 5.91. The molecule has 1 aliphatic rings. The van der Waals surface area contributed by atoms with Gasteiger partial charge in [0, 0.05) is 24.6 Å². The number of hydrogen-bond acceptors (Lipinski definition) is 5. The summed E-state index contributed by atoms with van der Waals surface area (Å²) < 4.78 is 8.69. The molecule has 1 aromatic carbocycles. The van der Waals surface area contributed by atoms with E-state index in [0.717, 1.165) is 36.5 Å². The third-order valence-electron chi connectivity index (χ3n) is 5.18. The van der Waals surface area contributed by atoms with Gasteiger partial charge in [-0.3, -0.25) is 4.68 Å². The number of rotatable bonds is 6. The molecule has 1 saturated carbocycles. The predicted molar refractivity (Wildman–Crippen MR) is 100 cm³/mol. The molecule has 2 heterocycles. The Bertz CT molecular complexity index is 974. The van der Waals surface area contributed by atoms with Crippen molar-refractivity contribution < 1.29 is 9.53 Å². The van der Waals surface area contributed by atoms with Crippen LogP contribution in [0.4, 0.5) is 0 Å². The number of carbonyl (C=O) groups excluding carboxylic acids is 1. The molecule has 4 rings (SSSR count). The van der Waals surface area contributed by atoms with Gasteiger partial charge in [0.1, 0.15) is 5.56 Å². The van der Waals surface area contributed by atoms with Gasteiger partial charge in [0.25, 0.3) is 0 Å². The topological polar surface area (TPSA) is 74.8 Å². The molecule has 0 radical (unpaired) electrons. The predicted octanol–water partition coefficient (Wildman–Crippen LogP) is 3.10. The van der Waals surface area contributed by atoms with Crippen LogP contribution in [0, 0.1) is 0 Å². The van der Waals surface area contributed by atoms with E-state index < -0.39 is 0 Å². The standard InChI is InChI=1S/C20H23N5O2/c1-4-13-7-6-8-14(9-13)25-19(17(11-21-25)20(26)27-3)16-10-15(16)18-12-24(5-2)23-22-18/h6-9,11-12,15-16H,4-5,10H2,1-3H3/t15-,16-/m1/s1. The Kier molecular flexibility index (Phi) is 4.51. The van der Waals surface area contributed by atoms with Gasteiger partial charge in [-0.1, -0.05) is 24.3 Å². The van der Waals surface area contributed by atoms with Crippen molar-refractivity contribution in [2.24, 2.45) is 0 Å². The molecule has 0 N–H and O–H groups in total. The summed E-state index contributed by atoms with van der Waals surface area (Å²) in [4.78, 5) is 12.3. The number of esters is 1. The molecule has 27 heavy (non-hydrogen) atoms. The van der Waals surface area contributed by atoms with Crippen molar-refractivity contribution in [2.75, 3.05) is 7.11 Å². The molecule has 0 aliphatic heterocycles. The Hall–Kier alpha value is -2.96. The minimum Gasteiger partial charge on any atom is -0.465 e. The van der Waals surface area contributed by atoms with Crippen LogP contribution in [0.25, 0.3) is 5.69 Å². The van der Waals surface area contributed by atoms with Crippen LogP contribution in [0.1, 0.15) is 59.4 Å². The van der Waals surface area contributed by atoms with E-state index in [1.54, 1.807) is 6.20 Å². The lowest BCUT2D eigenvalue weighted by molar-refractivity contribution is 0.0599.